The largest absolute Gasteiger partial charge is 0.347 e. The molecule has 6 nitrogen and oxygen atoms in total. The highest BCUT2D eigenvalue weighted by Gasteiger charge is 2.25. The van der Waals surface area contributed by atoms with Crippen LogP contribution in [0.2, 0.25) is 0 Å². The Labute approximate surface area is 189 Å². The van der Waals surface area contributed by atoms with Gasteiger partial charge in [-0.05, 0) is 34.5 Å². The van der Waals surface area contributed by atoms with Crippen molar-refractivity contribution in [2.45, 2.75) is 6.42 Å². The van der Waals surface area contributed by atoms with Gasteiger partial charge in [0.05, 0.1) is 13.0 Å². The minimum Gasteiger partial charge on any atom is -0.347 e. The monoisotopic (exact) mass is 451 g/mol. The van der Waals surface area contributed by atoms with Gasteiger partial charge in [0.25, 0.3) is 5.91 Å². The average Bonchev–Trinajstić information content (AvgIpc) is 2.84. The lowest BCUT2D eigenvalue weighted by atomic mass is 10.0. The van der Waals surface area contributed by atoms with Crippen molar-refractivity contribution < 1.29 is 23.2 Å². The summed E-state index contributed by atoms with van der Waals surface area (Å²) in [6, 6.07) is 16.6. The number of hydrogen-bond donors (Lipinski definition) is 1. The number of piperazine rings is 1. The maximum atomic E-state index is 13.4. The van der Waals surface area contributed by atoms with Gasteiger partial charge in [0, 0.05) is 31.7 Å². The van der Waals surface area contributed by atoms with Crippen LogP contribution >= 0.6 is 0 Å². The van der Waals surface area contributed by atoms with Gasteiger partial charge < -0.3 is 15.1 Å². The molecule has 0 aliphatic carbocycles. The lowest BCUT2D eigenvalue weighted by Crippen LogP contribution is -2.52. The van der Waals surface area contributed by atoms with Crippen LogP contribution in [0.3, 0.4) is 0 Å². The zero-order valence-electron chi connectivity index (χ0n) is 17.9. The molecular weight excluding hydrogens is 428 g/mol. The molecule has 1 heterocycles. The van der Waals surface area contributed by atoms with E-state index in [1.54, 1.807) is 4.90 Å². The first-order chi connectivity index (χ1) is 15.9. The highest BCUT2D eigenvalue weighted by atomic mass is 19.2. The Morgan fingerprint density at radius 3 is 2.27 bits per heavy atom. The average molecular weight is 451 g/mol. The molecule has 4 rings (SSSR count). The summed E-state index contributed by atoms with van der Waals surface area (Å²) in [5.74, 6) is -2.98. The van der Waals surface area contributed by atoms with Crippen LogP contribution in [0.4, 0.5) is 8.78 Å². The van der Waals surface area contributed by atoms with Crippen LogP contribution in [-0.4, -0.2) is 60.2 Å². The molecule has 33 heavy (non-hydrogen) atoms. The Kier molecular flexibility index (Phi) is 6.63. The third-order valence-corrected chi connectivity index (χ3v) is 5.75. The van der Waals surface area contributed by atoms with Crippen molar-refractivity contribution >= 4 is 28.5 Å². The molecule has 1 aliphatic rings. The van der Waals surface area contributed by atoms with Crippen LogP contribution in [0.5, 0.6) is 0 Å². The molecule has 0 spiro atoms. The Hall–Kier alpha value is -3.81. The summed E-state index contributed by atoms with van der Waals surface area (Å²) in [6.45, 7) is 1.02. The summed E-state index contributed by atoms with van der Waals surface area (Å²) >= 11 is 0. The number of nitrogens with one attached hydrogen (secondary N) is 1. The van der Waals surface area contributed by atoms with Crippen molar-refractivity contribution in [1.82, 2.24) is 15.1 Å². The van der Waals surface area contributed by atoms with Gasteiger partial charge in [0.1, 0.15) is 0 Å². The van der Waals surface area contributed by atoms with Crippen molar-refractivity contribution in [3.8, 4) is 0 Å². The van der Waals surface area contributed by atoms with Gasteiger partial charge in [0.2, 0.25) is 11.8 Å². The third-order valence-electron chi connectivity index (χ3n) is 5.75. The van der Waals surface area contributed by atoms with E-state index in [4.69, 9.17) is 0 Å². The predicted molar refractivity (Wildman–Crippen MR) is 120 cm³/mol. The van der Waals surface area contributed by atoms with E-state index < -0.39 is 17.5 Å². The number of fused-ring (bicyclic) bond motifs is 1. The molecule has 3 aromatic rings. The number of halogens is 2. The van der Waals surface area contributed by atoms with Crippen molar-refractivity contribution in [2.75, 3.05) is 32.7 Å². The zero-order chi connectivity index (χ0) is 23.4. The second-order valence-corrected chi connectivity index (χ2v) is 7.89. The molecule has 1 aliphatic heterocycles. The highest BCUT2D eigenvalue weighted by molar-refractivity contribution is 5.94. The number of carbonyl (C=O) groups is 3. The predicted octanol–water partition coefficient (Wildman–Crippen LogP) is 2.76. The first-order valence-electron chi connectivity index (χ1n) is 10.7. The lowest BCUT2D eigenvalue weighted by molar-refractivity contribution is -0.133. The molecule has 3 amide bonds. The summed E-state index contributed by atoms with van der Waals surface area (Å²) in [5.41, 5.74) is 0.955. The van der Waals surface area contributed by atoms with Gasteiger partial charge in [-0.3, -0.25) is 14.4 Å². The fraction of sp³-hybridized carbons (Fsp3) is 0.240. The van der Waals surface area contributed by atoms with E-state index in [1.165, 1.54) is 11.0 Å². The highest BCUT2D eigenvalue weighted by Crippen LogP contribution is 2.19. The third kappa shape index (κ3) is 5.16. The van der Waals surface area contributed by atoms with E-state index in [-0.39, 0.29) is 43.4 Å². The van der Waals surface area contributed by atoms with E-state index in [2.05, 4.69) is 5.32 Å². The fourth-order valence-electron chi connectivity index (χ4n) is 3.94. The maximum absolute atomic E-state index is 13.4. The Balaban J connectivity index is 1.26. The molecule has 0 unspecified atom stereocenters. The minimum atomic E-state index is -1.08. The molecule has 0 saturated carbocycles. The van der Waals surface area contributed by atoms with E-state index in [1.807, 2.05) is 42.5 Å². The quantitative estimate of drug-likeness (QED) is 0.649. The number of amides is 3. The summed E-state index contributed by atoms with van der Waals surface area (Å²) in [5, 5.41) is 4.73. The standard InChI is InChI=1S/C25H23F2N3O3/c26-21-9-8-19(14-22(21)27)25(33)30-12-10-29(11-13-30)24(32)16-28-23(31)15-18-6-3-5-17-4-1-2-7-20(17)18/h1-9,14H,10-13,15-16H2,(H,28,31). The molecule has 3 aromatic carbocycles. The Morgan fingerprint density at radius 1 is 0.818 bits per heavy atom. The van der Waals surface area contributed by atoms with Crippen LogP contribution in [0.25, 0.3) is 10.8 Å². The zero-order valence-corrected chi connectivity index (χ0v) is 17.9. The van der Waals surface area contributed by atoms with Gasteiger partial charge >= 0.3 is 0 Å². The fourth-order valence-corrected chi connectivity index (χ4v) is 3.94. The van der Waals surface area contributed by atoms with E-state index in [0.29, 0.717) is 13.1 Å². The Morgan fingerprint density at radius 2 is 1.52 bits per heavy atom. The van der Waals surface area contributed by atoms with Crippen LogP contribution in [0.1, 0.15) is 15.9 Å². The Bertz CT molecular complexity index is 1200. The van der Waals surface area contributed by atoms with Crippen molar-refractivity contribution in [3.63, 3.8) is 0 Å². The number of carbonyl (C=O) groups excluding carboxylic acids is 3. The summed E-state index contributed by atoms with van der Waals surface area (Å²) < 4.78 is 26.5. The van der Waals surface area contributed by atoms with Gasteiger partial charge in [-0.25, -0.2) is 8.78 Å². The molecule has 0 aromatic heterocycles. The molecular formula is C25H23F2N3O3. The first-order valence-corrected chi connectivity index (χ1v) is 10.7. The molecule has 1 N–H and O–H groups in total. The van der Waals surface area contributed by atoms with Crippen molar-refractivity contribution in [1.29, 1.82) is 0 Å². The van der Waals surface area contributed by atoms with Crippen LogP contribution in [0, 0.1) is 11.6 Å². The van der Waals surface area contributed by atoms with Gasteiger partial charge in [-0.2, -0.15) is 0 Å². The maximum Gasteiger partial charge on any atom is 0.254 e. The summed E-state index contributed by atoms with van der Waals surface area (Å²) in [4.78, 5) is 40.5. The van der Waals surface area contributed by atoms with E-state index in [0.717, 1.165) is 28.5 Å². The second-order valence-electron chi connectivity index (χ2n) is 7.89. The molecule has 0 atom stereocenters. The second kappa shape index (κ2) is 9.77. The van der Waals surface area contributed by atoms with Crippen LogP contribution in [-0.2, 0) is 16.0 Å². The molecule has 0 bridgehead atoms. The van der Waals surface area contributed by atoms with Crippen molar-refractivity contribution in [3.05, 3.63) is 83.4 Å². The normalized spacial score (nSPS) is 13.8. The van der Waals surface area contributed by atoms with E-state index in [9.17, 15) is 23.2 Å². The van der Waals surface area contributed by atoms with Gasteiger partial charge in [-0.15, -0.1) is 0 Å². The van der Waals surface area contributed by atoms with Crippen LogP contribution < -0.4 is 5.32 Å². The van der Waals surface area contributed by atoms with Gasteiger partial charge in [-0.1, -0.05) is 42.5 Å². The number of rotatable bonds is 5. The summed E-state index contributed by atoms with van der Waals surface area (Å²) in [6.07, 6.45) is 0.172. The molecule has 0 radical (unpaired) electrons. The number of hydrogen-bond acceptors (Lipinski definition) is 3. The smallest absolute Gasteiger partial charge is 0.254 e. The molecule has 8 heteroatoms. The van der Waals surface area contributed by atoms with Crippen LogP contribution in [0.15, 0.2) is 60.7 Å². The van der Waals surface area contributed by atoms with E-state index >= 15 is 0 Å². The number of benzene rings is 3. The number of nitrogens with zero attached hydrogens (tertiary/aromatic N) is 2. The molecule has 170 valence electrons. The molecule has 1 fully saturated rings. The minimum absolute atomic E-state index is 0.0642. The van der Waals surface area contributed by atoms with Gasteiger partial charge in [0.15, 0.2) is 11.6 Å². The van der Waals surface area contributed by atoms with Crippen molar-refractivity contribution in [2.24, 2.45) is 0 Å². The lowest BCUT2D eigenvalue weighted by Gasteiger charge is -2.34. The SMILES string of the molecule is O=C(Cc1cccc2ccccc12)NCC(=O)N1CCN(C(=O)c2ccc(F)c(F)c2)CC1. The first kappa shape index (κ1) is 22.4. The topological polar surface area (TPSA) is 69.7 Å². The summed E-state index contributed by atoms with van der Waals surface area (Å²) in [7, 11) is 0. The molecule has 1 saturated heterocycles.